The number of nitrogens with zero attached hydrogens (tertiary/aromatic N) is 4. The van der Waals surface area contributed by atoms with E-state index in [9.17, 15) is 18.0 Å². The molecular weight excluding hydrogens is 417 g/mol. The Bertz CT molecular complexity index is 996. The van der Waals surface area contributed by atoms with Crippen LogP contribution in [0.3, 0.4) is 0 Å². The van der Waals surface area contributed by atoms with Crippen LogP contribution in [0.5, 0.6) is 0 Å². The normalized spacial score (nSPS) is 11.4. The zero-order chi connectivity index (χ0) is 20.3. The van der Waals surface area contributed by atoms with Gasteiger partial charge in [-0.25, -0.2) is 4.68 Å². The standard InChI is InChI=1S/C16H12ClF3N6OS/c17-12-2-1-10(7-11(12)16(18,19)20)23-13(27)8-28-15-25-24-14(26(15)21)9-3-5-22-6-4-9/h1-7H,8,21H2,(H,23,27). The van der Waals surface area contributed by atoms with Crippen molar-refractivity contribution in [3.05, 3.63) is 53.3 Å². The minimum atomic E-state index is -4.62. The molecule has 0 aliphatic heterocycles. The topological polar surface area (TPSA) is 98.7 Å². The van der Waals surface area contributed by atoms with E-state index in [1.165, 1.54) is 10.7 Å². The van der Waals surface area contributed by atoms with Gasteiger partial charge in [-0.15, -0.1) is 10.2 Å². The first-order valence-electron chi connectivity index (χ1n) is 7.66. The summed E-state index contributed by atoms with van der Waals surface area (Å²) in [5.41, 5.74) is -0.348. The van der Waals surface area contributed by atoms with E-state index in [1.807, 2.05) is 0 Å². The minimum Gasteiger partial charge on any atom is -0.335 e. The maximum atomic E-state index is 12.9. The van der Waals surface area contributed by atoms with Crippen molar-refractivity contribution in [1.29, 1.82) is 0 Å². The molecule has 3 N–H and O–H groups in total. The van der Waals surface area contributed by atoms with Crippen LogP contribution >= 0.6 is 23.4 Å². The van der Waals surface area contributed by atoms with Crippen molar-refractivity contribution >= 4 is 35.0 Å². The Morgan fingerprint density at radius 2 is 1.93 bits per heavy atom. The van der Waals surface area contributed by atoms with Crippen LogP contribution in [-0.4, -0.2) is 31.5 Å². The van der Waals surface area contributed by atoms with Crippen molar-refractivity contribution in [3.63, 3.8) is 0 Å². The number of rotatable bonds is 5. The van der Waals surface area contributed by atoms with Crippen molar-refractivity contribution in [2.45, 2.75) is 11.3 Å². The molecule has 0 aliphatic rings. The Labute approximate surface area is 166 Å². The maximum absolute atomic E-state index is 12.9. The lowest BCUT2D eigenvalue weighted by atomic mass is 10.2. The second kappa shape index (κ2) is 8.07. The molecule has 0 saturated heterocycles. The van der Waals surface area contributed by atoms with Crippen LogP contribution in [0.2, 0.25) is 5.02 Å². The quantitative estimate of drug-likeness (QED) is 0.477. The Balaban J connectivity index is 1.65. The van der Waals surface area contributed by atoms with Crippen LogP contribution < -0.4 is 11.2 Å². The minimum absolute atomic E-state index is 0.0194. The van der Waals surface area contributed by atoms with Gasteiger partial charge in [0.1, 0.15) is 0 Å². The number of hydrogen-bond donors (Lipinski definition) is 2. The molecule has 1 aromatic carbocycles. The lowest BCUT2D eigenvalue weighted by Gasteiger charge is -2.11. The van der Waals surface area contributed by atoms with Gasteiger partial charge in [-0.05, 0) is 30.3 Å². The van der Waals surface area contributed by atoms with Crippen molar-refractivity contribution in [3.8, 4) is 11.4 Å². The van der Waals surface area contributed by atoms with Gasteiger partial charge in [0.25, 0.3) is 0 Å². The number of amides is 1. The van der Waals surface area contributed by atoms with Gasteiger partial charge in [-0.1, -0.05) is 23.4 Å². The van der Waals surface area contributed by atoms with Gasteiger partial charge in [0.15, 0.2) is 5.82 Å². The predicted octanol–water partition coefficient (Wildman–Crippen LogP) is 3.46. The number of nitrogens with two attached hydrogens (primary N) is 1. The van der Waals surface area contributed by atoms with Crippen LogP contribution in [0.1, 0.15) is 5.56 Å². The van der Waals surface area contributed by atoms with Gasteiger partial charge in [-0.3, -0.25) is 9.78 Å². The first kappa shape index (κ1) is 20.0. The Kier molecular flexibility index (Phi) is 5.75. The molecule has 28 heavy (non-hydrogen) atoms. The highest BCUT2D eigenvalue weighted by atomic mass is 35.5. The molecule has 7 nitrogen and oxygen atoms in total. The first-order chi connectivity index (χ1) is 13.3. The van der Waals surface area contributed by atoms with Crippen molar-refractivity contribution in [2.24, 2.45) is 0 Å². The average Bonchev–Trinajstić information content (AvgIpc) is 3.02. The van der Waals surface area contributed by atoms with Gasteiger partial charge in [0.05, 0.1) is 16.3 Å². The second-order valence-electron chi connectivity index (χ2n) is 5.44. The monoisotopic (exact) mass is 428 g/mol. The Morgan fingerprint density at radius 3 is 2.61 bits per heavy atom. The second-order valence-corrected chi connectivity index (χ2v) is 6.79. The van der Waals surface area contributed by atoms with Crippen LogP contribution in [0.15, 0.2) is 47.9 Å². The first-order valence-corrected chi connectivity index (χ1v) is 9.02. The highest BCUT2D eigenvalue weighted by Crippen LogP contribution is 2.36. The molecule has 0 fully saturated rings. The van der Waals surface area contributed by atoms with E-state index in [1.54, 1.807) is 24.5 Å². The lowest BCUT2D eigenvalue weighted by molar-refractivity contribution is -0.137. The molecule has 12 heteroatoms. The van der Waals surface area contributed by atoms with Crippen LogP contribution in [0, 0.1) is 0 Å². The molecule has 0 radical (unpaired) electrons. The van der Waals surface area contributed by atoms with E-state index in [4.69, 9.17) is 17.4 Å². The zero-order valence-corrected chi connectivity index (χ0v) is 15.5. The van der Waals surface area contributed by atoms with Crippen LogP contribution in [0.25, 0.3) is 11.4 Å². The lowest BCUT2D eigenvalue weighted by Crippen LogP contribution is -2.17. The Morgan fingerprint density at radius 1 is 1.21 bits per heavy atom. The molecule has 0 atom stereocenters. The summed E-state index contributed by atoms with van der Waals surface area (Å²) >= 11 is 6.55. The van der Waals surface area contributed by atoms with Gasteiger partial charge < -0.3 is 11.2 Å². The van der Waals surface area contributed by atoms with Crippen LogP contribution in [-0.2, 0) is 11.0 Å². The number of nitrogens with one attached hydrogen (secondary N) is 1. The van der Waals surface area contributed by atoms with Gasteiger partial charge in [0.2, 0.25) is 11.1 Å². The molecule has 2 aromatic heterocycles. The van der Waals surface area contributed by atoms with Crippen LogP contribution in [0.4, 0.5) is 18.9 Å². The summed E-state index contributed by atoms with van der Waals surface area (Å²) in [5.74, 6) is 5.66. The fourth-order valence-electron chi connectivity index (χ4n) is 2.22. The number of carbonyl (C=O) groups excluding carboxylic acids is 1. The summed E-state index contributed by atoms with van der Waals surface area (Å²) in [5, 5.41) is 10.1. The number of benzene rings is 1. The van der Waals surface area contributed by atoms with E-state index in [0.717, 1.165) is 23.9 Å². The van der Waals surface area contributed by atoms with Gasteiger partial charge in [-0.2, -0.15) is 13.2 Å². The fraction of sp³-hybridized carbons (Fsp3) is 0.125. The summed E-state index contributed by atoms with van der Waals surface area (Å²) in [7, 11) is 0. The number of hydrogen-bond acceptors (Lipinski definition) is 6. The molecule has 0 saturated carbocycles. The smallest absolute Gasteiger partial charge is 0.335 e. The number of aromatic nitrogens is 4. The SMILES string of the molecule is Nn1c(SCC(=O)Nc2ccc(Cl)c(C(F)(F)F)c2)nnc1-c1ccncc1. The van der Waals surface area contributed by atoms with E-state index in [-0.39, 0.29) is 16.6 Å². The summed E-state index contributed by atoms with van der Waals surface area (Å²) in [6.07, 6.45) is -1.47. The zero-order valence-electron chi connectivity index (χ0n) is 13.9. The number of anilines is 1. The van der Waals surface area contributed by atoms with Gasteiger partial charge in [0, 0.05) is 23.6 Å². The summed E-state index contributed by atoms with van der Waals surface area (Å²) in [6.45, 7) is 0. The Hall–Kier alpha value is -2.79. The van der Waals surface area contributed by atoms with E-state index >= 15 is 0 Å². The van der Waals surface area contributed by atoms with E-state index in [2.05, 4.69) is 20.5 Å². The number of carbonyl (C=O) groups is 1. The molecule has 0 bridgehead atoms. The molecule has 146 valence electrons. The summed E-state index contributed by atoms with van der Waals surface area (Å²) < 4.78 is 39.9. The third-order valence-corrected chi connectivity index (χ3v) is 4.76. The van der Waals surface area contributed by atoms with Crippen molar-refractivity contribution < 1.29 is 18.0 Å². The van der Waals surface area contributed by atoms with Crippen molar-refractivity contribution in [1.82, 2.24) is 19.9 Å². The molecule has 1 amide bonds. The number of halogens is 4. The number of alkyl halides is 3. The van der Waals surface area contributed by atoms with Gasteiger partial charge >= 0.3 is 6.18 Å². The largest absolute Gasteiger partial charge is 0.417 e. The molecule has 0 unspecified atom stereocenters. The fourth-order valence-corrected chi connectivity index (χ4v) is 3.10. The average molecular weight is 429 g/mol. The van der Waals surface area contributed by atoms with E-state index < -0.39 is 22.7 Å². The number of nitrogen functional groups attached to an aromatic ring is 1. The highest BCUT2D eigenvalue weighted by Gasteiger charge is 2.33. The molecule has 0 spiro atoms. The third-order valence-electron chi connectivity index (χ3n) is 3.49. The number of pyridine rings is 1. The molecule has 2 heterocycles. The number of thioether (sulfide) groups is 1. The molecule has 0 aliphatic carbocycles. The molecule has 3 aromatic rings. The summed E-state index contributed by atoms with van der Waals surface area (Å²) in [6, 6.07) is 6.54. The molecular formula is C16H12ClF3N6OS. The predicted molar refractivity (Wildman–Crippen MR) is 99.2 cm³/mol. The third kappa shape index (κ3) is 4.54. The summed E-state index contributed by atoms with van der Waals surface area (Å²) in [4.78, 5) is 16.0. The maximum Gasteiger partial charge on any atom is 0.417 e. The van der Waals surface area contributed by atoms with E-state index in [0.29, 0.717) is 11.4 Å². The molecule has 3 rings (SSSR count). The highest BCUT2D eigenvalue weighted by molar-refractivity contribution is 7.99. The van der Waals surface area contributed by atoms with Crippen molar-refractivity contribution in [2.75, 3.05) is 16.9 Å².